The second-order valence-corrected chi connectivity index (χ2v) is 25.2. The van der Waals surface area contributed by atoms with Gasteiger partial charge in [0.05, 0.1) is 15.3 Å². The molecule has 0 radical (unpaired) electrons. The first kappa shape index (κ1) is 49.8. The van der Waals surface area contributed by atoms with Crippen LogP contribution in [0.5, 0.6) is 34.5 Å². The Bertz CT molecular complexity index is 3430. The second-order valence-electron chi connectivity index (χ2n) is 25.2. The number of hydrogen-bond acceptors (Lipinski definition) is 8. The number of benzene rings is 8. The van der Waals surface area contributed by atoms with E-state index in [4.69, 9.17) is 18.9 Å². The Morgan fingerprint density at radius 1 is 0.383 bits per heavy atom. The largest absolute Gasteiger partial charge is 0.482 e. The summed E-state index contributed by atoms with van der Waals surface area (Å²) in [5.74, 6) is 7.08. The Morgan fingerprint density at radius 2 is 0.716 bits per heavy atom. The second kappa shape index (κ2) is 19.5. The maximum Gasteiger partial charge on any atom is 0.311 e. The van der Waals surface area contributed by atoms with Gasteiger partial charge in [0.15, 0.2) is 0 Å². The van der Waals surface area contributed by atoms with Gasteiger partial charge in [0, 0.05) is 24.3 Å². The molecule has 0 heterocycles. The van der Waals surface area contributed by atoms with E-state index in [1.165, 1.54) is 123 Å². The van der Waals surface area contributed by atoms with Crippen molar-refractivity contribution in [1.29, 1.82) is 0 Å². The average Bonchev–Trinajstić information content (AvgIpc) is 2.30. The Kier molecular flexibility index (Phi) is 12.0. The lowest BCUT2D eigenvalue weighted by molar-refractivity contribution is -0.386. The molecule has 8 aromatic rings. The van der Waals surface area contributed by atoms with Crippen molar-refractivity contribution in [1.82, 2.24) is 0 Å². The molecule has 9 aliphatic rings. The van der Waals surface area contributed by atoms with Crippen LogP contribution in [0.2, 0.25) is 0 Å². The standard InChI is InChI=1S/C71H64N2O8/c74-72(75)65-25-21-59(35-67(65)78-43-45-7-3-1-4-8-45)80-57-17-11-53(12-18-57)71(54-13-19-58(20-14-54)81-60-22-26-66(73(76)77)68(36-60)79-44-46-9-5-2-6-10-46)63-33-55(69-37-47-27-48(38-69)29-49(28-47)39-69)15-23-61(63)62-24-16-56(34-64(62)71)70-40-50-30-51(41-70)32-52(31-50)42-70/h1-26,33-36,47-52H,27-32,37-44H2. The van der Waals surface area contributed by atoms with Gasteiger partial charge >= 0.3 is 11.4 Å². The normalized spacial score (nSPS) is 25.7. The van der Waals surface area contributed by atoms with E-state index in [0.717, 1.165) is 57.8 Å². The maximum absolute atomic E-state index is 12.2. The summed E-state index contributed by atoms with van der Waals surface area (Å²) in [6, 6.07) is 60.8. The van der Waals surface area contributed by atoms with E-state index < -0.39 is 15.3 Å². The van der Waals surface area contributed by atoms with Crippen molar-refractivity contribution in [3.63, 3.8) is 0 Å². The molecule has 0 spiro atoms. The molecule has 0 saturated heterocycles. The molecule has 0 atom stereocenters. The first-order valence-corrected chi connectivity index (χ1v) is 29.3. The van der Waals surface area contributed by atoms with Crippen molar-refractivity contribution in [3.8, 4) is 45.6 Å². The molecule has 8 aromatic carbocycles. The minimum Gasteiger partial charge on any atom is -0.482 e. The van der Waals surface area contributed by atoms with Crippen LogP contribution in [0, 0.1) is 55.7 Å². The van der Waals surface area contributed by atoms with Crippen molar-refractivity contribution in [2.24, 2.45) is 35.5 Å². The Balaban J connectivity index is 0.852. The van der Waals surface area contributed by atoms with Crippen LogP contribution in [0.25, 0.3) is 11.1 Å². The summed E-state index contributed by atoms with van der Waals surface area (Å²) in [7, 11) is 0. The van der Waals surface area contributed by atoms with Gasteiger partial charge in [-0.1, -0.05) is 121 Å². The van der Waals surface area contributed by atoms with Gasteiger partial charge in [0.2, 0.25) is 11.5 Å². The molecule has 0 aromatic heterocycles. The Hall–Kier alpha value is -8.24. The number of nitro benzene ring substituents is 2. The van der Waals surface area contributed by atoms with Crippen LogP contribution in [0.1, 0.15) is 122 Å². The highest BCUT2D eigenvalue weighted by molar-refractivity contribution is 5.87. The highest BCUT2D eigenvalue weighted by atomic mass is 16.6. The van der Waals surface area contributed by atoms with E-state index in [1.807, 2.05) is 84.9 Å². The molecule has 81 heavy (non-hydrogen) atoms. The highest BCUT2D eigenvalue weighted by Crippen LogP contribution is 2.65. The summed E-state index contributed by atoms with van der Waals surface area (Å²) in [6.07, 6.45) is 15.8. The molecule has 0 unspecified atom stereocenters. The van der Waals surface area contributed by atoms with Gasteiger partial charge in [0.1, 0.15) is 36.2 Å². The third-order valence-electron chi connectivity index (χ3n) is 20.2. The van der Waals surface area contributed by atoms with Crippen LogP contribution >= 0.6 is 0 Å². The van der Waals surface area contributed by atoms with Gasteiger partial charge in [-0.25, -0.2) is 0 Å². The van der Waals surface area contributed by atoms with Crippen molar-refractivity contribution in [2.75, 3.05) is 0 Å². The lowest BCUT2D eigenvalue weighted by Crippen LogP contribution is -2.48. The zero-order valence-electron chi connectivity index (χ0n) is 45.3. The van der Waals surface area contributed by atoms with Crippen molar-refractivity contribution < 1.29 is 28.8 Å². The van der Waals surface area contributed by atoms with Gasteiger partial charge < -0.3 is 18.9 Å². The van der Waals surface area contributed by atoms with Crippen molar-refractivity contribution in [3.05, 3.63) is 247 Å². The monoisotopic (exact) mass is 1070 g/mol. The molecule has 0 amide bonds. The number of nitro groups is 2. The van der Waals surface area contributed by atoms with Crippen molar-refractivity contribution in [2.45, 2.75) is 107 Å². The zero-order valence-corrected chi connectivity index (χ0v) is 45.3. The summed E-state index contributed by atoms with van der Waals surface area (Å²) in [5, 5.41) is 24.4. The molecule has 0 N–H and O–H groups in total. The predicted molar refractivity (Wildman–Crippen MR) is 311 cm³/mol. The number of nitrogens with zero attached hydrogens (tertiary/aromatic N) is 2. The van der Waals surface area contributed by atoms with E-state index in [-0.39, 0.29) is 46.9 Å². The number of fused-ring (bicyclic) bond motifs is 3. The summed E-state index contributed by atoms with van der Waals surface area (Å²) in [6.45, 7) is 0.352. The van der Waals surface area contributed by atoms with Gasteiger partial charge in [0.25, 0.3) is 0 Å². The molecule has 9 aliphatic carbocycles. The van der Waals surface area contributed by atoms with Gasteiger partial charge in [-0.15, -0.1) is 0 Å². The highest BCUT2D eigenvalue weighted by Gasteiger charge is 2.55. The van der Waals surface area contributed by atoms with Crippen LogP contribution in [-0.2, 0) is 29.5 Å². The SMILES string of the molecule is O=[N+]([O-])c1ccc(Oc2ccc(C3(c4ccc(Oc5ccc([N+](=O)[O-])c(OCc6ccccc6)c5)cc4)c4cc(C56CC7CC(CC(C7)C5)C6)ccc4-c4ccc(C56CC7CC(CC(C7)C5)C6)cc43)cc2)cc1OCc1ccccc1. The summed E-state index contributed by atoms with van der Waals surface area (Å²) < 4.78 is 25.3. The van der Waals surface area contributed by atoms with E-state index in [9.17, 15) is 20.2 Å². The lowest BCUT2D eigenvalue weighted by Gasteiger charge is -2.57. The molecule has 17 rings (SSSR count). The molecule has 10 nitrogen and oxygen atoms in total. The summed E-state index contributed by atoms with van der Waals surface area (Å²) >= 11 is 0. The van der Waals surface area contributed by atoms with Gasteiger partial charge in [-0.05, 0) is 215 Å². The molecule has 8 bridgehead atoms. The topological polar surface area (TPSA) is 123 Å². The van der Waals surface area contributed by atoms with E-state index in [1.54, 1.807) is 24.3 Å². The molecule has 0 aliphatic heterocycles. The average molecular weight is 1070 g/mol. The van der Waals surface area contributed by atoms with E-state index in [2.05, 4.69) is 60.7 Å². The van der Waals surface area contributed by atoms with Crippen LogP contribution < -0.4 is 18.9 Å². The smallest absolute Gasteiger partial charge is 0.311 e. The minimum absolute atomic E-state index is 0.128. The number of rotatable bonds is 16. The van der Waals surface area contributed by atoms with Crippen LogP contribution in [-0.4, -0.2) is 9.85 Å². The van der Waals surface area contributed by atoms with Crippen LogP contribution in [0.3, 0.4) is 0 Å². The third-order valence-corrected chi connectivity index (χ3v) is 20.2. The Labute approximate surface area is 472 Å². The van der Waals surface area contributed by atoms with Crippen LogP contribution in [0.15, 0.2) is 182 Å². The minimum atomic E-state index is -0.754. The van der Waals surface area contributed by atoms with Gasteiger partial charge in [-0.2, -0.15) is 0 Å². The van der Waals surface area contributed by atoms with E-state index in [0.29, 0.717) is 23.0 Å². The molecule has 8 fully saturated rings. The third kappa shape index (κ3) is 8.75. The molecule has 8 saturated carbocycles. The first-order valence-electron chi connectivity index (χ1n) is 29.3. The lowest BCUT2D eigenvalue weighted by atomic mass is 9.47. The summed E-state index contributed by atoms with van der Waals surface area (Å²) in [4.78, 5) is 23.6. The molecular formula is C71H64N2O8. The predicted octanol–water partition coefficient (Wildman–Crippen LogP) is 17.5. The molecule has 406 valence electrons. The first-order chi connectivity index (χ1) is 39.5. The fourth-order valence-electron chi connectivity index (χ4n) is 17.6. The fraction of sp³-hybridized carbons (Fsp3) is 0.324. The summed E-state index contributed by atoms with van der Waals surface area (Å²) in [5.41, 5.74) is 11.4. The molecular weight excluding hydrogens is 1010 g/mol. The van der Waals surface area contributed by atoms with Crippen LogP contribution in [0.4, 0.5) is 11.4 Å². The quantitative estimate of drug-likeness (QED) is 0.0692. The zero-order chi connectivity index (χ0) is 54.5. The fourth-order valence-corrected chi connectivity index (χ4v) is 17.6. The Morgan fingerprint density at radius 3 is 1.06 bits per heavy atom. The van der Waals surface area contributed by atoms with E-state index >= 15 is 0 Å². The van der Waals surface area contributed by atoms with Crippen molar-refractivity contribution >= 4 is 11.4 Å². The number of hydrogen-bond donors (Lipinski definition) is 0. The van der Waals surface area contributed by atoms with Gasteiger partial charge in [-0.3, -0.25) is 20.2 Å². The number of ether oxygens (including phenoxy) is 4. The maximum atomic E-state index is 12.2. The molecule has 10 heteroatoms.